The molecule has 0 spiro atoms. The van der Waals surface area contributed by atoms with E-state index in [1.165, 1.54) is 0 Å². The number of rotatable bonds is 4. The van der Waals surface area contributed by atoms with Crippen molar-refractivity contribution in [3.05, 3.63) is 60.7 Å². The Labute approximate surface area is 156 Å². The van der Waals surface area contributed by atoms with E-state index in [9.17, 15) is 13.0 Å². The summed E-state index contributed by atoms with van der Waals surface area (Å²) in [5, 5.41) is 0. The first-order chi connectivity index (χ1) is 11.5. The molecular formula is C18H22BiNO3S. The fraction of sp³-hybridized carbons (Fsp3) is 0.333. The third kappa shape index (κ3) is 8.34. The second-order valence-corrected chi connectivity index (χ2v) is 11.7. The normalized spacial score (nSPS) is 15.4. The monoisotopic (exact) mass is 541 g/mol. The van der Waals surface area contributed by atoms with E-state index in [2.05, 4.69) is 65.4 Å². The molecule has 0 aromatic heterocycles. The fourth-order valence-corrected chi connectivity index (χ4v) is 6.88. The number of benzene rings is 2. The molecule has 1 aliphatic rings. The zero-order chi connectivity index (χ0) is 17.3. The van der Waals surface area contributed by atoms with Crippen LogP contribution in [0.4, 0.5) is 0 Å². The minimum atomic E-state index is -4.22. The summed E-state index contributed by atoms with van der Waals surface area (Å²) in [6, 6.07) is 21.5. The molecule has 2 radical (unpaired) electrons. The van der Waals surface area contributed by atoms with Crippen molar-refractivity contribution in [3.8, 4) is 0 Å². The van der Waals surface area contributed by atoms with Gasteiger partial charge in [-0.1, -0.05) is 19.3 Å². The second-order valence-electron chi connectivity index (χ2n) is 5.69. The topological polar surface area (TPSA) is 69.2 Å². The number of nitrogens with one attached hydrogen (secondary N) is 1. The van der Waals surface area contributed by atoms with Gasteiger partial charge >= 0.3 is 90.4 Å². The maximum absolute atomic E-state index is 10.2. The van der Waals surface area contributed by atoms with Crippen LogP contribution in [0.25, 0.3) is 0 Å². The first kappa shape index (κ1) is 19.5. The molecule has 0 saturated heterocycles. The van der Waals surface area contributed by atoms with E-state index >= 15 is 0 Å². The van der Waals surface area contributed by atoms with Crippen LogP contribution in [0, 0.1) is 0 Å². The van der Waals surface area contributed by atoms with Crippen LogP contribution >= 0.6 is 0 Å². The maximum atomic E-state index is 10.2. The van der Waals surface area contributed by atoms with Crippen LogP contribution in [-0.4, -0.2) is 42.2 Å². The molecule has 1 saturated carbocycles. The first-order valence-corrected chi connectivity index (χ1v) is 13.0. The van der Waals surface area contributed by atoms with Gasteiger partial charge in [-0.15, -0.1) is 0 Å². The summed E-state index contributed by atoms with van der Waals surface area (Å²) < 4.78 is 35.9. The van der Waals surface area contributed by atoms with Crippen molar-refractivity contribution in [2.24, 2.45) is 0 Å². The minimum absolute atomic E-state index is 0.105. The molecule has 1 aliphatic carbocycles. The second kappa shape index (κ2) is 10.2. The van der Waals surface area contributed by atoms with Gasteiger partial charge in [-0.25, -0.2) is 13.1 Å². The summed E-state index contributed by atoms with van der Waals surface area (Å²) in [6.45, 7) is 0. The Morgan fingerprint density at radius 3 is 1.71 bits per heavy atom. The van der Waals surface area contributed by atoms with Crippen LogP contribution in [0.2, 0.25) is 0 Å². The van der Waals surface area contributed by atoms with Crippen molar-refractivity contribution in [3.63, 3.8) is 0 Å². The fourth-order valence-electron chi connectivity index (χ4n) is 2.58. The van der Waals surface area contributed by atoms with E-state index in [-0.39, 0.29) is 6.04 Å². The zero-order valence-electron chi connectivity index (χ0n) is 13.5. The van der Waals surface area contributed by atoms with Crippen molar-refractivity contribution < 1.29 is 13.0 Å². The molecule has 0 unspecified atom stereocenters. The molecule has 6 heteroatoms. The Balaban J connectivity index is 0.000000177. The standard InChI is InChI=1S/C6H13NO3S.2C6H5.Bi/c8-11(9,10)7-6-4-2-1-3-5-6;2*1-2-4-6-5-3-1;/h6-7H,1-5H2,(H,8,9,10);2*1-5H;/q;;;+1/p-1. The van der Waals surface area contributed by atoms with Crippen molar-refractivity contribution in [2.75, 3.05) is 0 Å². The average Bonchev–Trinajstić information content (AvgIpc) is 2.57. The van der Waals surface area contributed by atoms with Crippen LogP contribution in [0.3, 0.4) is 0 Å². The van der Waals surface area contributed by atoms with Crippen LogP contribution in [0.1, 0.15) is 32.1 Å². The van der Waals surface area contributed by atoms with Crippen molar-refractivity contribution in [1.82, 2.24) is 4.72 Å². The van der Waals surface area contributed by atoms with Gasteiger partial charge in [0.25, 0.3) is 0 Å². The van der Waals surface area contributed by atoms with E-state index in [1.807, 2.05) is 0 Å². The van der Waals surface area contributed by atoms with Gasteiger partial charge in [-0.3, -0.25) is 0 Å². The van der Waals surface area contributed by atoms with Gasteiger partial charge in [0.15, 0.2) is 10.3 Å². The van der Waals surface area contributed by atoms with Crippen molar-refractivity contribution in [2.45, 2.75) is 38.1 Å². The molecule has 0 bridgehead atoms. The van der Waals surface area contributed by atoms with Gasteiger partial charge in [0.2, 0.25) is 0 Å². The summed E-state index contributed by atoms with van der Waals surface area (Å²) in [4.78, 5) is 0. The van der Waals surface area contributed by atoms with E-state index in [1.54, 1.807) is 6.54 Å². The van der Waals surface area contributed by atoms with E-state index in [0.717, 1.165) is 32.1 Å². The summed E-state index contributed by atoms with van der Waals surface area (Å²) in [7, 11) is -4.22. The molecule has 0 heterocycles. The first-order valence-electron chi connectivity index (χ1n) is 8.08. The van der Waals surface area contributed by atoms with Crippen molar-refractivity contribution in [1.29, 1.82) is 0 Å². The quantitative estimate of drug-likeness (QED) is 0.474. The van der Waals surface area contributed by atoms with Gasteiger partial charge < -0.3 is 4.55 Å². The Kier molecular flexibility index (Phi) is 8.33. The van der Waals surface area contributed by atoms with E-state index < -0.39 is 33.5 Å². The molecule has 24 heavy (non-hydrogen) atoms. The van der Waals surface area contributed by atoms with E-state index in [4.69, 9.17) is 0 Å². The predicted molar refractivity (Wildman–Crippen MR) is 97.6 cm³/mol. The van der Waals surface area contributed by atoms with E-state index in [0.29, 0.717) is 0 Å². The zero-order valence-corrected chi connectivity index (χ0v) is 17.8. The van der Waals surface area contributed by atoms with Gasteiger partial charge in [0.05, 0.1) is 0 Å². The van der Waals surface area contributed by atoms with Crippen LogP contribution < -0.4 is 11.3 Å². The third-order valence-electron chi connectivity index (χ3n) is 3.69. The summed E-state index contributed by atoms with van der Waals surface area (Å²) in [5.74, 6) is 0. The molecule has 4 nitrogen and oxygen atoms in total. The molecule has 2 aromatic carbocycles. The molecule has 1 N–H and O–H groups in total. The van der Waals surface area contributed by atoms with Crippen molar-refractivity contribution >= 4 is 40.1 Å². The molecular weight excluding hydrogens is 519 g/mol. The van der Waals surface area contributed by atoms with Gasteiger partial charge in [0.1, 0.15) is 0 Å². The summed E-state index contributed by atoms with van der Waals surface area (Å²) in [6.07, 6.45) is 4.81. The number of hydrogen-bond acceptors (Lipinski definition) is 3. The molecule has 0 aliphatic heterocycles. The molecule has 1 fully saturated rings. The Morgan fingerprint density at radius 1 is 0.833 bits per heavy atom. The Morgan fingerprint density at radius 2 is 1.29 bits per heavy atom. The SMILES string of the molecule is O=S(=O)([O-])NC1CCCCC1.c1cc[c]([Bi+][c]2ccccc2)cc1. The summed E-state index contributed by atoms with van der Waals surface area (Å²) >= 11 is -0.613. The molecule has 0 amide bonds. The van der Waals surface area contributed by atoms with Crippen LogP contribution in [0.5, 0.6) is 0 Å². The van der Waals surface area contributed by atoms with Crippen LogP contribution in [0.15, 0.2) is 60.7 Å². The molecule has 2 aromatic rings. The Hall–Kier alpha value is -0.807. The predicted octanol–water partition coefficient (Wildman–Crippen LogP) is 1.71. The van der Waals surface area contributed by atoms with Gasteiger partial charge in [-0.2, -0.15) is 0 Å². The van der Waals surface area contributed by atoms with Gasteiger partial charge in [-0.05, 0) is 12.8 Å². The van der Waals surface area contributed by atoms with Crippen LogP contribution in [-0.2, 0) is 10.3 Å². The summed E-state index contributed by atoms with van der Waals surface area (Å²) in [5.41, 5.74) is 0. The molecule has 128 valence electrons. The molecule has 0 atom stereocenters. The third-order valence-corrected chi connectivity index (χ3v) is 8.63. The average molecular weight is 541 g/mol. The Bertz CT molecular complexity index is 649. The molecule has 3 rings (SSSR count). The van der Waals surface area contributed by atoms with Gasteiger partial charge in [0, 0.05) is 6.04 Å². The number of hydrogen-bond donors (Lipinski definition) is 1.